The van der Waals surface area contributed by atoms with Crippen molar-refractivity contribution in [3.63, 3.8) is 0 Å². The molecule has 1 heterocycles. The number of hydrogen-bond donors (Lipinski definition) is 1. The van der Waals surface area contributed by atoms with Crippen molar-refractivity contribution in [2.45, 2.75) is 19.4 Å². The quantitative estimate of drug-likeness (QED) is 0.715. The molecule has 1 aliphatic rings. The smallest absolute Gasteiger partial charge is 0.224 e. The zero-order chi connectivity index (χ0) is 10.1. The summed E-state index contributed by atoms with van der Waals surface area (Å²) >= 11 is 0. The summed E-state index contributed by atoms with van der Waals surface area (Å²) in [5.74, 6) is 0.108. The fraction of sp³-hybridized carbons (Fsp3) is 0.300. The number of fused-ring (bicyclic) bond motifs is 1. The van der Waals surface area contributed by atoms with E-state index >= 15 is 0 Å². The van der Waals surface area contributed by atoms with E-state index in [4.69, 9.17) is 15.5 Å². The Hall–Kier alpha value is -1.55. The first-order chi connectivity index (χ1) is 6.68. The van der Waals surface area contributed by atoms with Crippen molar-refractivity contribution in [2.24, 2.45) is 5.73 Å². The number of rotatable bonds is 2. The SMILES string of the molecule is CC(C(N)=O)c1ccc2c(c1)COO2. The fourth-order valence-electron chi connectivity index (χ4n) is 1.38. The Morgan fingerprint density at radius 2 is 2.36 bits per heavy atom. The zero-order valence-electron chi connectivity index (χ0n) is 7.82. The average Bonchev–Trinajstić information content (AvgIpc) is 2.62. The molecular formula is C10H11NO3. The third kappa shape index (κ3) is 1.44. The molecule has 1 amide bonds. The Balaban J connectivity index is 2.33. The van der Waals surface area contributed by atoms with Crippen LogP contribution in [-0.2, 0) is 16.3 Å². The van der Waals surface area contributed by atoms with E-state index in [9.17, 15) is 4.79 Å². The molecule has 0 saturated carbocycles. The lowest BCUT2D eigenvalue weighted by molar-refractivity contribution is -0.194. The Kier molecular flexibility index (Phi) is 2.13. The van der Waals surface area contributed by atoms with Gasteiger partial charge in [0.25, 0.3) is 0 Å². The summed E-state index contributed by atoms with van der Waals surface area (Å²) in [6.45, 7) is 2.20. The number of primary amides is 1. The predicted octanol–water partition coefficient (Wildman–Crippen LogP) is 1.10. The van der Waals surface area contributed by atoms with E-state index in [0.29, 0.717) is 12.4 Å². The molecule has 0 saturated heterocycles. The molecule has 2 rings (SSSR count). The lowest BCUT2D eigenvalue weighted by Crippen LogP contribution is -2.18. The van der Waals surface area contributed by atoms with Crippen molar-refractivity contribution in [1.82, 2.24) is 0 Å². The number of benzene rings is 1. The van der Waals surface area contributed by atoms with Gasteiger partial charge in [-0.05, 0) is 24.6 Å². The number of amides is 1. The van der Waals surface area contributed by atoms with Crippen LogP contribution in [0.3, 0.4) is 0 Å². The van der Waals surface area contributed by atoms with Crippen LogP contribution in [0.1, 0.15) is 24.0 Å². The van der Waals surface area contributed by atoms with Crippen molar-refractivity contribution in [3.05, 3.63) is 29.3 Å². The molecule has 0 aromatic heterocycles. The van der Waals surface area contributed by atoms with Gasteiger partial charge < -0.3 is 10.6 Å². The van der Waals surface area contributed by atoms with Crippen molar-refractivity contribution in [1.29, 1.82) is 0 Å². The summed E-state index contributed by atoms with van der Waals surface area (Å²) in [5, 5.41) is 0. The van der Waals surface area contributed by atoms with Gasteiger partial charge in [-0.2, -0.15) is 4.89 Å². The van der Waals surface area contributed by atoms with E-state index in [1.54, 1.807) is 13.0 Å². The minimum Gasteiger partial charge on any atom is -0.369 e. The molecule has 0 radical (unpaired) electrons. The molecule has 14 heavy (non-hydrogen) atoms. The normalized spacial score (nSPS) is 15.8. The molecule has 1 aromatic carbocycles. The molecule has 4 nitrogen and oxygen atoms in total. The van der Waals surface area contributed by atoms with Gasteiger partial charge in [0.15, 0.2) is 5.75 Å². The second-order valence-corrected chi connectivity index (χ2v) is 3.34. The lowest BCUT2D eigenvalue weighted by atomic mass is 9.98. The Morgan fingerprint density at radius 3 is 3.07 bits per heavy atom. The van der Waals surface area contributed by atoms with Crippen LogP contribution in [0.4, 0.5) is 0 Å². The molecule has 0 spiro atoms. The summed E-state index contributed by atoms with van der Waals surface area (Å²) in [5.41, 5.74) is 7.06. The van der Waals surface area contributed by atoms with Gasteiger partial charge in [0.1, 0.15) is 6.61 Å². The molecule has 0 fully saturated rings. The van der Waals surface area contributed by atoms with Gasteiger partial charge in [0.2, 0.25) is 5.91 Å². The third-order valence-electron chi connectivity index (χ3n) is 2.37. The van der Waals surface area contributed by atoms with E-state index in [2.05, 4.69) is 0 Å². The van der Waals surface area contributed by atoms with Crippen LogP contribution in [0.2, 0.25) is 0 Å². The van der Waals surface area contributed by atoms with Crippen LogP contribution < -0.4 is 10.6 Å². The fourth-order valence-corrected chi connectivity index (χ4v) is 1.38. The van der Waals surface area contributed by atoms with Gasteiger partial charge in [-0.3, -0.25) is 4.79 Å². The second-order valence-electron chi connectivity index (χ2n) is 3.34. The van der Waals surface area contributed by atoms with E-state index in [0.717, 1.165) is 11.1 Å². The lowest BCUT2D eigenvalue weighted by Gasteiger charge is -2.07. The van der Waals surface area contributed by atoms with E-state index in [1.165, 1.54) is 0 Å². The minimum absolute atomic E-state index is 0.277. The standard InChI is InChI=1S/C10H11NO3/c1-6(10(11)12)7-2-3-9-8(4-7)5-13-14-9/h2-4,6H,5H2,1H3,(H2,11,12). The molecule has 1 aliphatic heterocycles. The largest absolute Gasteiger partial charge is 0.369 e. The maximum absolute atomic E-state index is 11.0. The van der Waals surface area contributed by atoms with Crippen molar-refractivity contribution >= 4 is 5.91 Å². The summed E-state index contributed by atoms with van der Waals surface area (Å²) in [6, 6.07) is 5.50. The maximum atomic E-state index is 11.0. The molecule has 0 aliphatic carbocycles. The average molecular weight is 193 g/mol. The second kappa shape index (κ2) is 3.31. The number of nitrogens with two attached hydrogens (primary N) is 1. The molecular weight excluding hydrogens is 182 g/mol. The molecule has 74 valence electrons. The predicted molar refractivity (Wildman–Crippen MR) is 49.5 cm³/mol. The number of carbonyl (C=O) groups excluding carboxylic acids is 1. The third-order valence-corrected chi connectivity index (χ3v) is 2.37. The molecule has 1 atom stereocenters. The van der Waals surface area contributed by atoms with Crippen LogP contribution in [-0.4, -0.2) is 5.91 Å². The molecule has 4 heteroatoms. The first kappa shape index (κ1) is 9.02. The highest BCUT2D eigenvalue weighted by atomic mass is 17.2. The van der Waals surface area contributed by atoms with Crippen molar-refractivity contribution in [2.75, 3.05) is 0 Å². The summed E-state index contributed by atoms with van der Waals surface area (Å²) in [4.78, 5) is 20.6. The van der Waals surface area contributed by atoms with E-state index in [-0.39, 0.29) is 11.8 Å². The molecule has 1 unspecified atom stereocenters. The zero-order valence-corrected chi connectivity index (χ0v) is 7.82. The van der Waals surface area contributed by atoms with Gasteiger partial charge in [-0.1, -0.05) is 6.07 Å². The highest BCUT2D eigenvalue weighted by molar-refractivity contribution is 5.81. The van der Waals surface area contributed by atoms with Gasteiger partial charge in [0.05, 0.1) is 5.92 Å². The topological polar surface area (TPSA) is 61.6 Å². The summed E-state index contributed by atoms with van der Waals surface area (Å²) in [6.07, 6.45) is 0. The van der Waals surface area contributed by atoms with Gasteiger partial charge in [-0.15, -0.1) is 0 Å². The van der Waals surface area contributed by atoms with Gasteiger partial charge in [0, 0.05) is 5.56 Å². The Morgan fingerprint density at radius 1 is 1.57 bits per heavy atom. The van der Waals surface area contributed by atoms with E-state index < -0.39 is 0 Å². The first-order valence-electron chi connectivity index (χ1n) is 4.40. The van der Waals surface area contributed by atoms with Crippen LogP contribution in [0.25, 0.3) is 0 Å². The van der Waals surface area contributed by atoms with Crippen LogP contribution in [0.5, 0.6) is 5.75 Å². The Bertz CT molecular complexity index is 376. The monoisotopic (exact) mass is 193 g/mol. The van der Waals surface area contributed by atoms with Crippen molar-refractivity contribution < 1.29 is 14.6 Å². The van der Waals surface area contributed by atoms with Crippen LogP contribution in [0, 0.1) is 0 Å². The summed E-state index contributed by atoms with van der Waals surface area (Å²) in [7, 11) is 0. The maximum Gasteiger partial charge on any atom is 0.224 e. The number of hydrogen-bond acceptors (Lipinski definition) is 3. The van der Waals surface area contributed by atoms with Gasteiger partial charge >= 0.3 is 0 Å². The van der Waals surface area contributed by atoms with Crippen LogP contribution in [0.15, 0.2) is 18.2 Å². The van der Waals surface area contributed by atoms with Crippen LogP contribution >= 0.6 is 0 Å². The minimum atomic E-state index is -0.329. The highest BCUT2D eigenvalue weighted by Gasteiger charge is 2.17. The highest BCUT2D eigenvalue weighted by Crippen LogP contribution is 2.29. The van der Waals surface area contributed by atoms with Crippen molar-refractivity contribution in [3.8, 4) is 5.75 Å². The molecule has 1 aromatic rings. The summed E-state index contributed by atoms with van der Waals surface area (Å²) < 4.78 is 0. The molecule has 2 N–H and O–H groups in total. The first-order valence-corrected chi connectivity index (χ1v) is 4.40. The molecule has 0 bridgehead atoms. The Labute approximate surface area is 81.5 Å². The van der Waals surface area contributed by atoms with Gasteiger partial charge in [-0.25, -0.2) is 0 Å². The number of carbonyl (C=O) groups is 1. The van der Waals surface area contributed by atoms with E-state index in [1.807, 2.05) is 12.1 Å².